The molecular formula is C20H18S. The Labute approximate surface area is 129 Å². The van der Waals surface area contributed by atoms with E-state index in [1.165, 1.54) is 37.9 Å². The first kappa shape index (κ1) is 12.8. The molecule has 21 heavy (non-hydrogen) atoms. The van der Waals surface area contributed by atoms with Gasteiger partial charge in [-0.15, -0.1) is 11.3 Å². The Bertz CT molecular complexity index is 838. The van der Waals surface area contributed by atoms with Gasteiger partial charge in [0.05, 0.1) is 0 Å². The lowest BCUT2D eigenvalue weighted by atomic mass is 9.92. The molecule has 0 spiro atoms. The van der Waals surface area contributed by atoms with Gasteiger partial charge in [-0.25, -0.2) is 0 Å². The van der Waals surface area contributed by atoms with Gasteiger partial charge in [-0.2, -0.15) is 0 Å². The van der Waals surface area contributed by atoms with E-state index in [9.17, 15) is 0 Å². The summed E-state index contributed by atoms with van der Waals surface area (Å²) in [5, 5.41) is 3.53. The third kappa shape index (κ3) is 1.96. The molecule has 1 aliphatic carbocycles. The minimum absolute atomic E-state index is 0.442. The van der Waals surface area contributed by atoms with Gasteiger partial charge in [-0.1, -0.05) is 37.8 Å². The van der Waals surface area contributed by atoms with Crippen LogP contribution in [0.4, 0.5) is 0 Å². The number of benzene rings is 2. The molecule has 0 radical (unpaired) electrons. The summed E-state index contributed by atoms with van der Waals surface area (Å²) in [6, 6.07) is 15.8. The van der Waals surface area contributed by atoms with Crippen LogP contribution in [0.1, 0.15) is 35.1 Å². The third-order valence-electron chi connectivity index (χ3n) is 4.71. The Morgan fingerprint density at radius 1 is 1.19 bits per heavy atom. The molecule has 0 saturated heterocycles. The maximum absolute atomic E-state index is 4.40. The quantitative estimate of drug-likeness (QED) is 0.558. The van der Waals surface area contributed by atoms with E-state index in [0.717, 1.165) is 12.8 Å². The summed E-state index contributed by atoms with van der Waals surface area (Å²) in [7, 11) is 0. The Kier molecular flexibility index (Phi) is 2.97. The van der Waals surface area contributed by atoms with Crippen LogP contribution in [0.2, 0.25) is 0 Å². The summed E-state index contributed by atoms with van der Waals surface area (Å²) in [5.41, 5.74) is 7.07. The van der Waals surface area contributed by atoms with E-state index < -0.39 is 0 Å². The number of aryl methyl sites for hydroxylation is 1. The summed E-state index contributed by atoms with van der Waals surface area (Å²) in [5.74, 6) is 0.442. The van der Waals surface area contributed by atoms with Gasteiger partial charge in [0.15, 0.2) is 0 Å². The normalized spacial score (nSPS) is 17.4. The Morgan fingerprint density at radius 2 is 2.10 bits per heavy atom. The summed E-state index contributed by atoms with van der Waals surface area (Å²) in [6.45, 7) is 6.64. The molecule has 1 aromatic heterocycles. The molecule has 0 aliphatic heterocycles. The Morgan fingerprint density at radius 3 is 2.95 bits per heavy atom. The maximum atomic E-state index is 4.40. The molecular weight excluding hydrogens is 272 g/mol. The van der Waals surface area contributed by atoms with E-state index in [0.29, 0.717) is 5.92 Å². The van der Waals surface area contributed by atoms with Gasteiger partial charge in [0.1, 0.15) is 0 Å². The Hall–Kier alpha value is -1.86. The minimum Gasteiger partial charge on any atom is -0.144 e. The monoisotopic (exact) mass is 290 g/mol. The van der Waals surface area contributed by atoms with Crippen LogP contribution in [0.25, 0.3) is 15.7 Å². The molecule has 1 heterocycles. The maximum Gasteiger partial charge on any atom is 0.0342 e. The molecule has 0 fully saturated rings. The fourth-order valence-electron chi connectivity index (χ4n) is 3.54. The zero-order chi connectivity index (χ0) is 14.4. The van der Waals surface area contributed by atoms with E-state index in [4.69, 9.17) is 0 Å². The van der Waals surface area contributed by atoms with Gasteiger partial charge in [0.25, 0.3) is 0 Å². The van der Waals surface area contributed by atoms with Crippen molar-refractivity contribution >= 4 is 27.0 Å². The lowest BCUT2D eigenvalue weighted by molar-refractivity contribution is 0.888. The molecule has 1 unspecified atom stereocenters. The summed E-state index contributed by atoms with van der Waals surface area (Å²) >= 11 is 1.81. The summed E-state index contributed by atoms with van der Waals surface area (Å²) in [4.78, 5) is 0. The standard InChI is InChI=1S/C20H18S/c1-3-14-5-4-6-17-13(2)18(12-19(14)17)15-7-8-20-16(11-15)9-10-21-20/h4-11,18H,2-3,12H2,1H3. The smallest absolute Gasteiger partial charge is 0.0342 e. The number of hydrogen-bond donors (Lipinski definition) is 0. The van der Waals surface area contributed by atoms with Crippen LogP contribution in [0, 0.1) is 0 Å². The van der Waals surface area contributed by atoms with Crippen LogP contribution in [-0.4, -0.2) is 0 Å². The highest BCUT2D eigenvalue weighted by Crippen LogP contribution is 2.44. The van der Waals surface area contributed by atoms with Crippen molar-refractivity contribution in [2.45, 2.75) is 25.7 Å². The molecule has 0 nitrogen and oxygen atoms in total. The summed E-state index contributed by atoms with van der Waals surface area (Å²) in [6.07, 6.45) is 2.21. The van der Waals surface area contributed by atoms with Crippen LogP contribution >= 0.6 is 11.3 Å². The van der Waals surface area contributed by atoms with E-state index >= 15 is 0 Å². The minimum atomic E-state index is 0.442. The van der Waals surface area contributed by atoms with Crippen molar-refractivity contribution in [1.82, 2.24) is 0 Å². The van der Waals surface area contributed by atoms with Crippen molar-refractivity contribution < 1.29 is 0 Å². The van der Waals surface area contributed by atoms with Crippen LogP contribution in [-0.2, 0) is 12.8 Å². The van der Waals surface area contributed by atoms with Crippen LogP contribution in [0.5, 0.6) is 0 Å². The number of fused-ring (bicyclic) bond motifs is 2. The van der Waals surface area contributed by atoms with Crippen molar-refractivity contribution in [3.05, 3.63) is 76.7 Å². The van der Waals surface area contributed by atoms with Gasteiger partial charge < -0.3 is 0 Å². The van der Waals surface area contributed by atoms with Gasteiger partial charge in [0, 0.05) is 10.6 Å². The summed E-state index contributed by atoms with van der Waals surface area (Å²) < 4.78 is 1.37. The number of rotatable bonds is 2. The molecule has 1 aliphatic rings. The molecule has 0 saturated carbocycles. The third-order valence-corrected chi connectivity index (χ3v) is 5.61. The highest BCUT2D eigenvalue weighted by atomic mass is 32.1. The first-order valence-corrected chi connectivity index (χ1v) is 8.43. The fraction of sp³-hybridized carbons (Fsp3) is 0.200. The number of thiophene rings is 1. The van der Waals surface area contributed by atoms with E-state index in [-0.39, 0.29) is 0 Å². The molecule has 104 valence electrons. The predicted octanol–water partition coefficient (Wildman–Crippen LogP) is 5.82. The zero-order valence-electron chi connectivity index (χ0n) is 12.2. The average molecular weight is 290 g/mol. The number of allylic oxidation sites excluding steroid dienone is 1. The van der Waals surface area contributed by atoms with Crippen molar-refractivity contribution in [2.24, 2.45) is 0 Å². The highest BCUT2D eigenvalue weighted by molar-refractivity contribution is 7.17. The molecule has 2 aromatic carbocycles. The van der Waals surface area contributed by atoms with Gasteiger partial charge in [-0.3, -0.25) is 0 Å². The SMILES string of the molecule is C=C1c2cccc(CC)c2CC1c1ccc2sccc2c1. The molecule has 0 N–H and O–H groups in total. The zero-order valence-corrected chi connectivity index (χ0v) is 13.0. The van der Waals surface area contributed by atoms with Crippen molar-refractivity contribution in [3.8, 4) is 0 Å². The second kappa shape index (κ2) is 4.85. The Balaban J connectivity index is 1.79. The number of hydrogen-bond acceptors (Lipinski definition) is 1. The second-order valence-corrected chi connectivity index (χ2v) is 6.74. The van der Waals surface area contributed by atoms with E-state index in [1.807, 2.05) is 11.3 Å². The highest BCUT2D eigenvalue weighted by Gasteiger charge is 2.28. The topological polar surface area (TPSA) is 0 Å². The lowest BCUT2D eigenvalue weighted by Crippen LogP contribution is -1.97. The fourth-order valence-corrected chi connectivity index (χ4v) is 4.31. The average Bonchev–Trinajstić information content (AvgIpc) is 3.11. The van der Waals surface area contributed by atoms with Crippen molar-refractivity contribution in [1.29, 1.82) is 0 Å². The van der Waals surface area contributed by atoms with Crippen LogP contribution < -0.4 is 0 Å². The van der Waals surface area contributed by atoms with Crippen LogP contribution in [0.3, 0.4) is 0 Å². The molecule has 1 atom stereocenters. The first-order chi connectivity index (χ1) is 10.3. The molecule has 3 aromatic rings. The lowest BCUT2D eigenvalue weighted by Gasteiger charge is -2.12. The molecule has 1 heteroatoms. The van der Waals surface area contributed by atoms with E-state index in [2.05, 4.69) is 61.3 Å². The van der Waals surface area contributed by atoms with E-state index in [1.54, 1.807) is 0 Å². The van der Waals surface area contributed by atoms with Crippen molar-refractivity contribution in [2.75, 3.05) is 0 Å². The molecule has 4 rings (SSSR count). The predicted molar refractivity (Wildman–Crippen MR) is 93.1 cm³/mol. The van der Waals surface area contributed by atoms with Crippen LogP contribution in [0.15, 0.2) is 54.4 Å². The largest absolute Gasteiger partial charge is 0.144 e. The molecule has 0 bridgehead atoms. The second-order valence-electron chi connectivity index (χ2n) is 5.80. The first-order valence-electron chi connectivity index (χ1n) is 7.55. The van der Waals surface area contributed by atoms with Crippen molar-refractivity contribution in [3.63, 3.8) is 0 Å². The van der Waals surface area contributed by atoms with Gasteiger partial charge >= 0.3 is 0 Å². The molecule has 0 amide bonds. The van der Waals surface area contributed by atoms with Gasteiger partial charge in [0.2, 0.25) is 0 Å². The van der Waals surface area contributed by atoms with Gasteiger partial charge in [-0.05, 0) is 69.6 Å².